The van der Waals surface area contributed by atoms with E-state index in [2.05, 4.69) is 4.98 Å². The third kappa shape index (κ3) is 3.43. The van der Waals surface area contributed by atoms with Gasteiger partial charge in [-0.25, -0.2) is 9.37 Å². The van der Waals surface area contributed by atoms with Crippen LogP contribution in [0.2, 0.25) is 5.15 Å². The van der Waals surface area contributed by atoms with Crippen molar-refractivity contribution < 1.29 is 9.13 Å². The van der Waals surface area contributed by atoms with E-state index in [9.17, 15) is 4.39 Å². The topological polar surface area (TPSA) is 22.1 Å². The van der Waals surface area contributed by atoms with E-state index in [0.29, 0.717) is 28.6 Å². The lowest BCUT2D eigenvalue weighted by atomic mass is 10.1. The largest absolute Gasteiger partial charge is 0.489 e. The van der Waals surface area contributed by atoms with Crippen LogP contribution in [0.1, 0.15) is 5.56 Å². The molecule has 0 unspecified atom stereocenters. The van der Waals surface area contributed by atoms with Gasteiger partial charge >= 0.3 is 0 Å². The van der Waals surface area contributed by atoms with Gasteiger partial charge in [0.1, 0.15) is 23.3 Å². The Hall–Kier alpha value is -2.39. The second-order valence-electron chi connectivity index (χ2n) is 4.79. The molecular weight excluding hydrogens is 301 g/mol. The average Bonchev–Trinajstić information content (AvgIpc) is 2.55. The van der Waals surface area contributed by atoms with Crippen LogP contribution in [0.25, 0.3) is 11.1 Å². The number of halogens is 2. The summed E-state index contributed by atoms with van der Waals surface area (Å²) in [5, 5.41) is 0.381. The fourth-order valence-electron chi connectivity index (χ4n) is 2.10. The molecule has 0 bridgehead atoms. The quantitative estimate of drug-likeness (QED) is 0.624. The zero-order valence-electron chi connectivity index (χ0n) is 11.7. The van der Waals surface area contributed by atoms with E-state index in [-0.39, 0.29) is 5.82 Å². The van der Waals surface area contributed by atoms with Crippen molar-refractivity contribution in [3.8, 4) is 16.9 Å². The number of benzene rings is 2. The average molecular weight is 314 g/mol. The third-order valence-corrected chi connectivity index (χ3v) is 3.45. The maximum Gasteiger partial charge on any atom is 0.134 e. The van der Waals surface area contributed by atoms with Crippen LogP contribution in [-0.2, 0) is 6.61 Å². The van der Waals surface area contributed by atoms with Crippen LogP contribution in [0.3, 0.4) is 0 Å². The molecule has 0 amide bonds. The summed E-state index contributed by atoms with van der Waals surface area (Å²) in [5.41, 5.74) is 2.18. The first-order valence-corrected chi connectivity index (χ1v) is 7.18. The molecule has 0 radical (unpaired) electrons. The van der Waals surface area contributed by atoms with Gasteiger partial charge in [0.2, 0.25) is 0 Å². The van der Waals surface area contributed by atoms with E-state index >= 15 is 0 Å². The minimum Gasteiger partial charge on any atom is -0.489 e. The van der Waals surface area contributed by atoms with Crippen molar-refractivity contribution in [2.24, 2.45) is 0 Å². The van der Waals surface area contributed by atoms with Crippen LogP contribution in [0, 0.1) is 5.82 Å². The van der Waals surface area contributed by atoms with E-state index < -0.39 is 0 Å². The minimum absolute atomic E-state index is 0.352. The van der Waals surface area contributed by atoms with Crippen LogP contribution < -0.4 is 4.74 Å². The van der Waals surface area contributed by atoms with Gasteiger partial charge in [0.05, 0.1) is 0 Å². The molecule has 0 spiro atoms. The molecule has 0 saturated heterocycles. The fraction of sp³-hybridized carbons (Fsp3) is 0.0556. The summed E-state index contributed by atoms with van der Waals surface area (Å²) in [6.45, 7) is 0.405. The molecule has 1 aromatic heterocycles. The van der Waals surface area contributed by atoms with Crippen molar-refractivity contribution in [1.29, 1.82) is 0 Å². The van der Waals surface area contributed by atoms with Crippen LogP contribution in [0.4, 0.5) is 4.39 Å². The molecule has 0 N–H and O–H groups in total. The highest BCUT2D eigenvalue weighted by Crippen LogP contribution is 2.26. The molecule has 0 aliphatic carbocycles. The van der Waals surface area contributed by atoms with Gasteiger partial charge in [-0.1, -0.05) is 41.9 Å². The zero-order valence-corrected chi connectivity index (χ0v) is 12.4. The number of hydrogen-bond donors (Lipinski definition) is 0. The van der Waals surface area contributed by atoms with Gasteiger partial charge in [-0.15, -0.1) is 0 Å². The Bertz CT molecular complexity index is 760. The maximum absolute atomic E-state index is 14.2. The Labute approximate surface area is 133 Å². The Morgan fingerprint density at radius 3 is 2.50 bits per heavy atom. The zero-order chi connectivity index (χ0) is 15.4. The standard InChI is InChI=1S/C18H13ClFNO/c19-18-9-6-14(11-21-18)16-8-7-15(10-17(16)20)22-12-13-4-2-1-3-5-13/h1-11H,12H2. The lowest BCUT2D eigenvalue weighted by Gasteiger charge is -2.09. The molecule has 3 rings (SSSR count). The number of pyridine rings is 1. The monoisotopic (exact) mass is 313 g/mol. The molecule has 0 aliphatic heterocycles. The van der Waals surface area contributed by atoms with E-state index in [1.807, 2.05) is 30.3 Å². The predicted molar refractivity (Wildman–Crippen MR) is 85.4 cm³/mol. The van der Waals surface area contributed by atoms with E-state index in [4.69, 9.17) is 16.3 Å². The van der Waals surface area contributed by atoms with Gasteiger partial charge in [0.25, 0.3) is 0 Å². The van der Waals surface area contributed by atoms with Crippen LogP contribution >= 0.6 is 11.6 Å². The Morgan fingerprint density at radius 1 is 1.00 bits per heavy atom. The van der Waals surface area contributed by atoms with Crippen LogP contribution in [0.5, 0.6) is 5.75 Å². The molecule has 1 heterocycles. The molecule has 4 heteroatoms. The highest BCUT2D eigenvalue weighted by molar-refractivity contribution is 6.29. The summed E-state index contributed by atoms with van der Waals surface area (Å²) < 4.78 is 19.8. The van der Waals surface area contributed by atoms with Gasteiger partial charge in [0.15, 0.2) is 0 Å². The van der Waals surface area contributed by atoms with Gasteiger partial charge < -0.3 is 4.74 Å². The van der Waals surface area contributed by atoms with Crippen molar-refractivity contribution in [3.63, 3.8) is 0 Å². The maximum atomic E-state index is 14.2. The van der Waals surface area contributed by atoms with Gasteiger partial charge in [-0.3, -0.25) is 0 Å². The third-order valence-electron chi connectivity index (χ3n) is 3.23. The molecule has 0 atom stereocenters. The summed E-state index contributed by atoms with van der Waals surface area (Å²) >= 11 is 5.74. The fourth-order valence-corrected chi connectivity index (χ4v) is 2.21. The number of rotatable bonds is 4. The van der Waals surface area contributed by atoms with Crippen molar-refractivity contribution in [2.45, 2.75) is 6.61 Å². The second-order valence-corrected chi connectivity index (χ2v) is 5.17. The normalized spacial score (nSPS) is 10.5. The van der Waals surface area contributed by atoms with Gasteiger partial charge in [-0.05, 0) is 29.8 Å². The molecule has 110 valence electrons. The molecule has 0 aliphatic rings. The smallest absolute Gasteiger partial charge is 0.134 e. The van der Waals surface area contributed by atoms with Crippen molar-refractivity contribution in [1.82, 2.24) is 4.98 Å². The highest BCUT2D eigenvalue weighted by atomic mass is 35.5. The Balaban J connectivity index is 1.76. The van der Waals surface area contributed by atoms with E-state index in [1.54, 1.807) is 30.5 Å². The van der Waals surface area contributed by atoms with Crippen molar-refractivity contribution >= 4 is 11.6 Å². The van der Waals surface area contributed by atoms with E-state index in [0.717, 1.165) is 5.56 Å². The van der Waals surface area contributed by atoms with Crippen LogP contribution in [0.15, 0.2) is 66.9 Å². The SMILES string of the molecule is Fc1cc(OCc2ccccc2)ccc1-c1ccc(Cl)nc1. The summed E-state index contributed by atoms with van der Waals surface area (Å²) in [7, 11) is 0. The summed E-state index contributed by atoms with van der Waals surface area (Å²) in [5.74, 6) is 0.140. The second kappa shape index (κ2) is 6.58. The first-order valence-electron chi connectivity index (χ1n) is 6.80. The number of nitrogens with zero attached hydrogens (tertiary/aromatic N) is 1. The summed E-state index contributed by atoms with van der Waals surface area (Å²) in [6.07, 6.45) is 1.55. The minimum atomic E-state index is -0.352. The van der Waals surface area contributed by atoms with E-state index in [1.165, 1.54) is 6.07 Å². The van der Waals surface area contributed by atoms with Gasteiger partial charge in [-0.2, -0.15) is 0 Å². The van der Waals surface area contributed by atoms with Crippen LogP contribution in [-0.4, -0.2) is 4.98 Å². The molecule has 22 heavy (non-hydrogen) atoms. The molecule has 3 aromatic rings. The highest BCUT2D eigenvalue weighted by Gasteiger charge is 2.07. The van der Waals surface area contributed by atoms with Gasteiger partial charge in [0, 0.05) is 23.4 Å². The first kappa shape index (κ1) is 14.5. The summed E-state index contributed by atoms with van der Waals surface area (Å²) in [4.78, 5) is 3.96. The first-order chi connectivity index (χ1) is 10.7. The predicted octanol–water partition coefficient (Wildman–Crippen LogP) is 5.12. The molecule has 0 fully saturated rings. The van der Waals surface area contributed by atoms with Crippen molar-refractivity contribution in [3.05, 3.63) is 83.4 Å². The Kier molecular flexibility index (Phi) is 4.35. The molecule has 2 nitrogen and oxygen atoms in total. The van der Waals surface area contributed by atoms with Crippen molar-refractivity contribution in [2.75, 3.05) is 0 Å². The molecular formula is C18H13ClFNO. The summed E-state index contributed by atoms with van der Waals surface area (Å²) in [6, 6.07) is 17.9. The number of ether oxygens (including phenoxy) is 1. The lowest BCUT2D eigenvalue weighted by Crippen LogP contribution is -1.96. The number of aromatic nitrogens is 1. The Morgan fingerprint density at radius 2 is 1.82 bits per heavy atom. The molecule has 0 saturated carbocycles. The molecule has 2 aromatic carbocycles. The lowest BCUT2D eigenvalue weighted by molar-refractivity contribution is 0.304. The number of hydrogen-bond acceptors (Lipinski definition) is 2.